The lowest BCUT2D eigenvalue weighted by atomic mass is 10.1. The molecule has 0 bridgehead atoms. The van der Waals surface area contributed by atoms with Crippen molar-refractivity contribution in [2.24, 2.45) is 0 Å². The largest absolute Gasteiger partial charge is 0.382 e. The molecule has 5 nitrogen and oxygen atoms in total. The summed E-state index contributed by atoms with van der Waals surface area (Å²) in [7, 11) is 1.57. The highest BCUT2D eigenvalue weighted by atomic mass is 16.7. The van der Waals surface area contributed by atoms with E-state index in [2.05, 4.69) is 10.5 Å². The molecule has 1 aromatic heterocycles. The first-order valence-corrected chi connectivity index (χ1v) is 5.30. The number of para-hydroxylation sites is 1. The lowest BCUT2D eigenvalue weighted by molar-refractivity contribution is 0.00898. The van der Waals surface area contributed by atoms with Crippen LogP contribution in [0.3, 0.4) is 0 Å². The Morgan fingerprint density at radius 1 is 1.35 bits per heavy atom. The maximum atomic E-state index is 11.8. The monoisotopic (exact) mass is 234 g/mol. The second-order valence-electron chi connectivity index (χ2n) is 3.52. The van der Waals surface area contributed by atoms with Crippen molar-refractivity contribution in [3.8, 4) is 0 Å². The minimum Gasteiger partial charge on any atom is -0.382 e. The first kappa shape index (κ1) is 11.6. The normalized spacial score (nSPS) is 10.6. The number of aromatic nitrogens is 1. The quantitative estimate of drug-likeness (QED) is 0.608. The van der Waals surface area contributed by atoms with Gasteiger partial charge in [-0.05, 0) is 12.1 Å². The fourth-order valence-corrected chi connectivity index (χ4v) is 1.57. The van der Waals surface area contributed by atoms with Gasteiger partial charge in [0.05, 0.1) is 24.3 Å². The highest BCUT2D eigenvalue weighted by molar-refractivity contribution is 6.05. The molecule has 0 aliphatic carbocycles. The zero-order chi connectivity index (χ0) is 12.1. The highest BCUT2D eigenvalue weighted by Crippen LogP contribution is 2.16. The highest BCUT2D eigenvalue weighted by Gasteiger charge is 2.10. The van der Waals surface area contributed by atoms with Gasteiger partial charge in [0.2, 0.25) is 0 Å². The van der Waals surface area contributed by atoms with Gasteiger partial charge in [-0.15, -0.1) is 0 Å². The van der Waals surface area contributed by atoms with Crippen molar-refractivity contribution < 1.29 is 14.4 Å². The van der Waals surface area contributed by atoms with Crippen LogP contribution in [0.2, 0.25) is 0 Å². The van der Waals surface area contributed by atoms with Gasteiger partial charge in [-0.2, -0.15) is 0 Å². The summed E-state index contributed by atoms with van der Waals surface area (Å²) in [6.07, 6.45) is 1.80. The number of methoxy groups -OCH3 is 1. The number of fused-ring (bicyclic) bond motifs is 1. The van der Waals surface area contributed by atoms with E-state index in [1.165, 1.54) is 0 Å². The minimum atomic E-state index is -0.269. The Kier molecular flexibility index (Phi) is 3.74. The number of aromatic amines is 1. The first-order valence-electron chi connectivity index (χ1n) is 5.30. The smallest absolute Gasteiger partial charge is 0.276 e. The lowest BCUT2D eigenvalue weighted by Crippen LogP contribution is -2.25. The fraction of sp³-hybridized carbons (Fsp3) is 0.250. The van der Waals surface area contributed by atoms with Crippen molar-refractivity contribution in [2.75, 3.05) is 20.3 Å². The van der Waals surface area contributed by atoms with Gasteiger partial charge < -0.3 is 9.72 Å². The number of hydroxylamine groups is 1. The Hall–Kier alpha value is -1.85. The van der Waals surface area contributed by atoms with E-state index in [-0.39, 0.29) is 5.91 Å². The number of hydrogen-bond acceptors (Lipinski definition) is 3. The Balaban J connectivity index is 2.06. The third-order valence-corrected chi connectivity index (χ3v) is 2.39. The Bertz CT molecular complexity index is 507. The molecule has 5 heteroatoms. The van der Waals surface area contributed by atoms with Crippen LogP contribution in [0.4, 0.5) is 0 Å². The molecule has 2 aromatic rings. The predicted molar refractivity (Wildman–Crippen MR) is 63.6 cm³/mol. The molecule has 0 saturated heterocycles. The van der Waals surface area contributed by atoms with E-state index >= 15 is 0 Å². The van der Waals surface area contributed by atoms with Crippen molar-refractivity contribution in [1.82, 2.24) is 10.5 Å². The zero-order valence-electron chi connectivity index (χ0n) is 9.53. The molecule has 2 rings (SSSR count). The number of rotatable bonds is 5. The number of ether oxygens (including phenoxy) is 1. The molecule has 1 amide bonds. The molecule has 0 radical (unpaired) electrons. The van der Waals surface area contributed by atoms with Crippen LogP contribution in [-0.4, -0.2) is 31.2 Å². The number of carbonyl (C=O) groups excluding carboxylic acids is 1. The Labute approximate surface area is 98.7 Å². The summed E-state index contributed by atoms with van der Waals surface area (Å²) in [5.41, 5.74) is 3.74. The van der Waals surface area contributed by atoms with Gasteiger partial charge in [0, 0.05) is 18.7 Å². The summed E-state index contributed by atoms with van der Waals surface area (Å²) in [6.45, 7) is 0.760. The number of hydrogen-bond donors (Lipinski definition) is 2. The number of nitrogens with one attached hydrogen (secondary N) is 2. The van der Waals surface area contributed by atoms with E-state index in [1.54, 1.807) is 19.4 Å². The predicted octanol–water partition coefficient (Wildman–Crippen LogP) is 1.48. The van der Waals surface area contributed by atoms with E-state index in [4.69, 9.17) is 9.57 Å². The summed E-state index contributed by atoms with van der Waals surface area (Å²) < 4.78 is 4.80. The molecule has 17 heavy (non-hydrogen) atoms. The number of H-pyrrole nitrogens is 1. The molecule has 1 aromatic carbocycles. The zero-order valence-corrected chi connectivity index (χ0v) is 9.53. The van der Waals surface area contributed by atoms with Gasteiger partial charge in [0.25, 0.3) is 5.91 Å². The van der Waals surface area contributed by atoms with E-state index in [0.29, 0.717) is 18.8 Å². The average molecular weight is 234 g/mol. The third kappa shape index (κ3) is 2.64. The molecule has 0 unspecified atom stereocenters. The minimum absolute atomic E-state index is 0.269. The van der Waals surface area contributed by atoms with Gasteiger partial charge in [-0.1, -0.05) is 12.1 Å². The van der Waals surface area contributed by atoms with Crippen LogP contribution in [0.15, 0.2) is 30.5 Å². The van der Waals surface area contributed by atoms with Crippen molar-refractivity contribution in [3.05, 3.63) is 36.0 Å². The second-order valence-corrected chi connectivity index (χ2v) is 3.52. The van der Waals surface area contributed by atoms with Crippen LogP contribution >= 0.6 is 0 Å². The second kappa shape index (κ2) is 5.47. The van der Waals surface area contributed by atoms with Crippen LogP contribution in [0.1, 0.15) is 10.4 Å². The van der Waals surface area contributed by atoms with Crippen molar-refractivity contribution in [3.63, 3.8) is 0 Å². The van der Waals surface area contributed by atoms with Crippen molar-refractivity contribution in [2.45, 2.75) is 0 Å². The van der Waals surface area contributed by atoms with Crippen molar-refractivity contribution in [1.29, 1.82) is 0 Å². The van der Waals surface area contributed by atoms with E-state index in [1.807, 2.05) is 18.2 Å². The van der Waals surface area contributed by atoms with E-state index in [0.717, 1.165) is 10.9 Å². The SMILES string of the molecule is COCCONC(=O)c1cccc2cc[nH]c12. The van der Waals surface area contributed by atoms with Crippen LogP contribution < -0.4 is 5.48 Å². The fourth-order valence-electron chi connectivity index (χ4n) is 1.57. The summed E-state index contributed by atoms with van der Waals surface area (Å²) in [5.74, 6) is -0.269. The molecule has 0 aliphatic rings. The molecular weight excluding hydrogens is 220 g/mol. The Morgan fingerprint density at radius 2 is 2.24 bits per heavy atom. The van der Waals surface area contributed by atoms with Crippen LogP contribution in [0, 0.1) is 0 Å². The summed E-state index contributed by atoms with van der Waals surface area (Å²) in [6, 6.07) is 7.43. The van der Waals surface area contributed by atoms with Crippen LogP contribution in [-0.2, 0) is 9.57 Å². The van der Waals surface area contributed by atoms with Gasteiger partial charge in [-0.25, -0.2) is 5.48 Å². The molecular formula is C12H14N2O3. The van der Waals surface area contributed by atoms with Gasteiger partial charge in [0.15, 0.2) is 0 Å². The van der Waals surface area contributed by atoms with E-state index < -0.39 is 0 Å². The van der Waals surface area contributed by atoms with Crippen molar-refractivity contribution >= 4 is 16.8 Å². The molecule has 90 valence electrons. The van der Waals surface area contributed by atoms with Crippen LogP contribution in [0.5, 0.6) is 0 Å². The van der Waals surface area contributed by atoms with Gasteiger partial charge in [0.1, 0.15) is 0 Å². The summed E-state index contributed by atoms with van der Waals surface area (Å²) >= 11 is 0. The van der Waals surface area contributed by atoms with E-state index in [9.17, 15) is 4.79 Å². The van der Waals surface area contributed by atoms with Gasteiger partial charge in [-0.3, -0.25) is 9.63 Å². The maximum Gasteiger partial charge on any atom is 0.276 e. The molecule has 0 spiro atoms. The summed E-state index contributed by atoms with van der Waals surface area (Å²) in [5, 5.41) is 0.995. The maximum absolute atomic E-state index is 11.8. The number of amides is 1. The lowest BCUT2D eigenvalue weighted by Gasteiger charge is -2.06. The van der Waals surface area contributed by atoms with Gasteiger partial charge >= 0.3 is 0 Å². The Morgan fingerprint density at radius 3 is 3.06 bits per heavy atom. The topological polar surface area (TPSA) is 63.4 Å². The standard InChI is InChI=1S/C12H14N2O3/c1-16-7-8-17-14-12(15)10-4-2-3-9-5-6-13-11(9)10/h2-6,13H,7-8H2,1H3,(H,14,15). The molecule has 2 N–H and O–H groups in total. The average Bonchev–Trinajstić information content (AvgIpc) is 2.82. The number of carbonyl (C=O) groups is 1. The molecule has 1 heterocycles. The molecule has 0 fully saturated rings. The first-order chi connectivity index (χ1) is 8.33. The molecule has 0 saturated carbocycles. The van der Waals surface area contributed by atoms with Crippen LogP contribution in [0.25, 0.3) is 10.9 Å². The molecule has 0 aliphatic heterocycles. The molecule has 0 atom stereocenters. The number of benzene rings is 1. The third-order valence-electron chi connectivity index (χ3n) is 2.39. The summed E-state index contributed by atoms with van der Waals surface area (Å²) in [4.78, 5) is 19.8.